The van der Waals surface area contributed by atoms with E-state index in [4.69, 9.17) is 0 Å². The summed E-state index contributed by atoms with van der Waals surface area (Å²) >= 11 is 0. The molecule has 1 atom stereocenters. The molecule has 25 heavy (non-hydrogen) atoms. The molecule has 0 radical (unpaired) electrons. The van der Waals surface area contributed by atoms with Gasteiger partial charge in [0.2, 0.25) is 0 Å². The van der Waals surface area contributed by atoms with E-state index in [2.05, 4.69) is 4.99 Å². The maximum atomic E-state index is 13.1. The first-order valence-electron chi connectivity index (χ1n) is 8.12. The molecule has 0 aliphatic carbocycles. The second-order valence-electron chi connectivity index (χ2n) is 5.91. The molecule has 1 unspecified atom stereocenters. The molecule has 1 aliphatic heterocycles. The fourth-order valence-corrected chi connectivity index (χ4v) is 3.11. The van der Waals surface area contributed by atoms with Crippen molar-refractivity contribution in [1.29, 1.82) is 0 Å². The number of aliphatic imine (C=N–C) groups is 1. The molecule has 1 heterocycles. The average Bonchev–Trinajstić information content (AvgIpc) is 2.69. The van der Waals surface area contributed by atoms with Gasteiger partial charge >= 0.3 is 0 Å². The predicted molar refractivity (Wildman–Crippen MR) is 97.7 cm³/mol. The largest absolute Gasteiger partial charge is 0.293 e. The smallest absolute Gasteiger partial charge is 0.181 e. The van der Waals surface area contributed by atoms with Crippen LogP contribution in [0.5, 0.6) is 0 Å². The fraction of sp³-hybridized carbons (Fsp3) is 0.0455. The molecule has 0 amide bonds. The molecular formula is C22H15NO2. The summed E-state index contributed by atoms with van der Waals surface area (Å²) in [6.45, 7) is 0. The number of nitrogens with zero attached hydrogens (tertiary/aromatic N) is 1. The van der Waals surface area contributed by atoms with Crippen LogP contribution in [0.4, 0.5) is 5.69 Å². The van der Waals surface area contributed by atoms with Crippen molar-refractivity contribution in [2.24, 2.45) is 10.9 Å². The number of hydrogen-bond donors (Lipinski definition) is 0. The molecule has 0 bridgehead atoms. The van der Waals surface area contributed by atoms with E-state index in [1.165, 1.54) is 0 Å². The minimum absolute atomic E-state index is 0.196. The van der Waals surface area contributed by atoms with Gasteiger partial charge < -0.3 is 0 Å². The molecule has 1 aliphatic rings. The van der Waals surface area contributed by atoms with Crippen LogP contribution < -0.4 is 0 Å². The predicted octanol–water partition coefficient (Wildman–Crippen LogP) is 4.50. The third-order valence-electron chi connectivity index (χ3n) is 4.34. The van der Waals surface area contributed by atoms with Crippen molar-refractivity contribution in [2.75, 3.05) is 0 Å². The Morgan fingerprint density at radius 1 is 0.760 bits per heavy atom. The molecular weight excluding hydrogens is 310 g/mol. The molecule has 3 nitrogen and oxygen atoms in total. The van der Waals surface area contributed by atoms with Crippen molar-refractivity contribution in [3.63, 3.8) is 0 Å². The SMILES string of the molecule is O=C(c1ccccc1)C1C(=O)c2ccccc2N=C1c1ccccc1. The molecule has 0 fully saturated rings. The van der Waals surface area contributed by atoms with Gasteiger partial charge in [-0.05, 0) is 17.7 Å². The van der Waals surface area contributed by atoms with Crippen LogP contribution in [0, 0.1) is 5.92 Å². The zero-order valence-electron chi connectivity index (χ0n) is 13.4. The van der Waals surface area contributed by atoms with E-state index in [0.29, 0.717) is 22.5 Å². The van der Waals surface area contributed by atoms with Crippen molar-refractivity contribution >= 4 is 23.0 Å². The molecule has 0 saturated heterocycles. The van der Waals surface area contributed by atoms with E-state index in [-0.39, 0.29) is 11.6 Å². The summed E-state index contributed by atoms with van der Waals surface area (Å²) < 4.78 is 0. The van der Waals surface area contributed by atoms with Crippen LogP contribution in [-0.2, 0) is 0 Å². The summed E-state index contributed by atoms with van der Waals surface area (Å²) in [6, 6.07) is 25.5. The lowest BCUT2D eigenvalue weighted by Gasteiger charge is -2.23. The third-order valence-corrected chi connectivity index (χ3v) is 4.34. The Hall–Kier alpha value is -3.33. The summed E-state index contributed by atoms with van der Waals surface area (Å²) in [6.07, 6.45) is 0. The van der Waals surface area contributed by atoms with Crippen LogP contribution in [0.2, 0.25) is 0 Å². The zero-order valence-corrected chi connectivity index (χ0v) is 13.4. The van der Waals surface area contributed by atoms with E-state index in [0.717, 1.165) is 5.56 Å². The number of hydrogen-bond acceptors (Lipinski definition) is 3. The van der Waals surface area contributed by atoms with Crippen LogP contribution in [0.3, 0.4) is 0 Å². The Bertz CT molecular complexity index is 975. The van der Waals surface area contributed by atoms with Gasteiger partial charge in [-0.15, -0.1) is 0 Å². The van der Waals surface area contributed by atoms with Crippen molar-refractivity contribution < 1.29 is 9.59 Å². The molecule has 0 saturated carbocycles. The van der Waals surface area contributed by atoms with Gasteiger partial charge in [0.15, 0.2) is 11.6 Å². The minimum atomic E-state index is -0.917. The van der Waals surface area contributed by atoms with E-state index in [9.17, 15) is 9.59 Å². The summed E-state index contributed by atoms with van der Waals surface area (Å²) in [5, 5.41) is 0. The van der Waals surface area contributed by atoms with E-state index >= 15 is 0 Å². The van der Waals surface area contributed by atoms with Crippen LogP contribution in [-0.4, -0.2) is 17.3 Å². The van der Waals surface area contributed by atoms with Crippen molar-refractivity contribution in [3.05, 3.63) is 102 Å². The Balaban J connectivity index is 1.89. The van der Waals surface area contributed by atoms with Gasteiger partial charge in [-0.3, -0.25) is 14.6 Å². The van der Waals surface area contributed by atoms with Gasteiger partial charge in [0.25, 0.3) is 0 Å². The first-order valence-corrected chi connectivity index (χ1v) is 8.12. The second-order valence-corrected chi connectivity index (χ2v) is 5.91. The molecule has 3 aromatic carbocycles. The van der Waals surface area contributed by atoms with E-state index < -0.39 is 5.92 Å². The maximum Gasteiger partial charge on any atom is 0.181 e. The molecule has 0 N–H and O–H groups in total. The Morgan fingerprint density at radius 3 is 2.08 bits per heavy atom. The lowest BCUT2D eigenvalue weighted by Crippen LogP contribution is -2.35. The number of fused-ring (bicyclic) bond motifs is 1. The van der Waals surface area contributed by atoms with Gasteiger partial charge in [-0.25, -0.2) is 0 Å². The van der Waals surface area contributed by atoms with Gasteiger partial charge in [0, 0.05) is 11.1 Å². The quantitative estimate of drug-likeness (QED) is 0.525. The highest BCUT2D eigenvalue weighted by Crippen LogP contribution is 2.32. The summed E-state index contributed by atoms with van der Waals surface area (Å²) in [7, 11) is 0. The number of rotatable bonds is 3. The van der Waals surface area contributed by atoms with Crippen LogP contribution in [0.1, 0.15) is 26.3 Å². The summed E-state index contributed by atoms with van der Waals surface area (Å²) in [4.78, 5) is 30.9. The minimum Gasteiger partial charge on any atom is -0.293 e. The highest BCUT2D eigenvalue weighted by Gasteiger charge is 2.37. The molecule has 3 aromatic rings. The molecule has 0 aromatic heterocycles. The summed E-state index contributed by atoms with van der Waals surface area (Å²) in [5.74, 6) is -1.33. The Labute approximate surface area is 145 Å². The van der Waals surface area contributed by atoms with Crippen LogP contribution in [0.15, 0.2) is 89.9 Å². The molecule has 0 spiro atoms. The van der Waals surface area contributed by atoms with Gasteiger partial charge in [0.05, 0.1) is 11.4 Å². The number of para-hydroxylation sites is 1. The molecule has 4 rings (SSSR count). The number of Topliss-reactive ketones (excluding diaryl/α,β-unsaturated/α-hetero) is 2. The highest BCUT2D eigenvalue weighted by molar-refractivity contribution is 6.35. The maximum absolute atomic E-state index is 13.1. The first-order chi connectivity index (χ1) is 12.3. The number of carbonyl (C=O) groups is 2. The van der Waals surface area contributed by atoms with Gasteiger partial charge in [0.1, 0.15) is 5.92 Å². The van der Waals surface area contributed by atoms with Crippen molar-refractivity contribution in [3.8, 4) is 0 Å². The Kier molecular flexibility index (Phi) is 3.82. The standard InChI is InChI=1S/C22H15NO2/c24-21(16-11-5-2-6-12-16)19-20(15-9-3-1-4-10-15)23-18-14-8-7-13-17(18)22(19)25/h1-14,19H. The topological polar surface area (TPSA) is 46.5 Å². The molecule has 120 valence electrons. The first kappa shape index (κ1) is 15.2. The monoisotopic (exact) mass is 325 g/mol. The lowest BCUT2D eigenvalue weighted by atomic mass is 9.81. The van der Waals surface area contributed by atoms with Gasteiger partial charge in [-0.2, -0.15) is 0 Å². The highest BCUT2D eigenvalue weighted by atomic mass is 16.2. The third kappa shape index (κ3) is 2.70. The Morgan fingerprint density at radius 2 is 1.36 bits per heavy atom. The number of ketones is 2. The number of benzene rings is 3. The van der Waals surface area contributed by atoms with E-state index in [1.807, 2.05) is 42.5 Å². The number of carbonyl (C=O) groups excluding carboxylic acids is 2. The average molecular weight is 325 g/mol. The normalized spacial score (nSPS) is 16.1. The fourth-order valence-electron chi connectivity index (χ4n) is 3.11. The van der Waals surface area contributed by atoms with E-state index in [1.54, 1.807) is 42.5 Å². The zero-order chi connectivity index (χ0) is 17.2. The van der Waals surface area contributed by atoms with Crippen LogP contribution in [0.25, 0.3) is 0 Å². The molecule has 3 heteroatoms. The van der Waals surface area contributed by atoms with Crippen LogP contribution >= 0.6 is 0 Å². The summed E-state index contributed by atoms with van der Waals surface area (Å²) in [5.41, 5.74) is 2.93. The van der Waals surface area contributed by atoms with Crippen molar-refractivity contribution in [1.82, 2.24) is 0 Å². The lowest BCUT2D eigenvalue weighted by molar-refractivity contribution is 0.0852. The van der Waals surface area contributed by atoms with Gasteiger partial charge in [-0.1, -0.05) is 72.8 Å². The second kappa shape index (κ2) is 6.29. The van der Waals surface area contributed by atoms with Crippen molar-refractivity contribution in [2.45, 2.75) is 0 Å².